The lowest BCUT2D eigenvalue weighted by atomic mass is 9.88. The van der Waals surface area contributed by atoms with Crippen molar-refractivity contribution in [2.24, 2.45) is 0 Å². The zero-order valence-electron chi connectivity index (χ0n) is 8.82. The van der Waals surface area contributed by atoms with Gasteiger partial charge in [-0.25, -0.2) is 4.39 Å². The second kappa shape index (κ2) is 4.50. The van der Waals surface area contributed by atoms with Crippen molar-refractivity contribution in [3.05, 3.63) is 34.1 Å². The zero-order valence-corrected chi connectivity index (χ0v) is 9.57. The fourth-order valence-electron chi connectivity index (χ4n) is 2.27. The van der Waals surface area contributed by atoms with Crippen molar-refractivity contribution in [2.75, 3.05) is 13.1 Å². The first kappa shape index (κ1) is 10.9. The van der Waals surface area contributed by atoms with E-state index in [1.807, 2.05) is 6.92 Å². The van der Waals surface area contributed by atoms with Gasteiger partial charge in [0.2, 0.25) is 0 Å². The molecule has 0 radical (unpaired) electrons. The first-order valence-corrected chi connectivity index (χ1v) is 5.73. The van der Waals surface area contributed by atoms with Crippen LogP contribution >= 0.6 is 11.6 Å². The Labute approximate surface area is 94.6 Å². The molecule has 1 N–H and O–H groups in total. The van der Waals surface area contributed by atoms with Crippen LogP contribution in [0.25, 0.3) is 0 Å². The van der Waals surface area contributed by atoms with Crippen LogP contribution in [0.5, 0.6) is 0 Å². The van der Waals surface area contributed by atoms with Gasteiger partial charge in [-0.1, -0.05) is 11.6 Å². The van der Waals surface area contributed by atoms with Crippen LogP contribution < -0.4 is 5.32 Å². The first-order chi connectivity index (χ1) is 7.20. The average molecular weight is 228 g/mol. The largest absolute Gasteiger partial charge is 0.316 e. The number of rotatable bonds is 1. The molecule has 0 bridgehead atoms. The van der Waals surface area contributed by atoms with Gasteiger partial charge in [0.15, 0.2) is 0 Å². The van der Waals surface area contributed by atoms with Gasteiger partial charge in [-0.2, -0.15) is 0 Å². The molecule has 0 aromatic heterocycles. The molecule has 0 spiro atoms. The summed E-state index contributed by atoms with van der Waals surface area (Å²) in [5, 5.41) is 3.96. The van der Waals surface area contributed by atoms with Gasteiger partial charge in [-0.05, 0) is 55.5 Å². The molecular weight excluding hydrogens is 213 g/mol. The summed E-state index contributed by atoms with van der Waals surface area (Å²) in [6, 6.07) is 3.10. The smallest absolute Gasteiger partial charge is 0.127 e. The van der Waals surface area contributed by atoms with E-state index < -0.39 is 0 Å². The van der Waals surface area contributed by atoms with Crippen molar-refractivity contribution in [2.45, 2.75) is 25.7 Å². The topological polar surface area (TPSA) is 12.0 Å². The Morgan fingerprint density at radius 1 is 1.47 bits per heavy atom. The first-order valence-electron chi connectivity index (χ1n) is 5.35. The molecule has 15 heavy (non-hydrogen) atoms. The third-order valence-corrected chi connectivity index (χ3v) is 3.51. The Kier molecular flexibility index (Phi) is 3.27. The number of hydrogen-bond donors (Lipinski definition) is 1. The zero-order chi connectivity index (χ0) is 10.8. The fraction of sp³-hybridized carbons (Fsp3) is 0.500. The Morgan fingerprint density at radius 3 is 2.93 bits per heavy atom. The molecule has 1 atom stereocenters. The monoisotopic (exact) mass is 227 g/mol. The maximum atomic E-state index is 13.7. The lowest BCUT2D eigenvalue weighted by Crippen LogP contribution is -2.29. The lowest BCUT2D eigenvalue weighted by molar-refractivity contribution is 0.445. The van der Waals surface area contributed by atoms with E-state index in [1.54, 1.807) is 6.07 Å². The number of hydrogen-bond acceptors (Lipinski definition) is 1. The van der Waals surface area contributed by atoms with Gasteiger partial charge < -0.3 is 5.32 Å². The van der Waals surface area contributed by atoms with Gasteiger partial charge in [0.05, 0.1) is 0 Å². The Hall–Kier alpha value is -0.600. The molecule has 1 unspecified atom stereocenters. The van der Waals surface area contributed by atoms with Crippen LogP contribution in [0.15, 0.2) is 12.1 Å². The van der Waals surface area contributed by atoms with Crippen molar-refractivity contribution >= 4 is 11.6 Å². The highest BCUT2D eigenvalue weighted by Crippen LogP contribution is 2.31. The molecule has 0 saturated carbocycles. The minimum absolute atomic E-state index is 0.120. The fourth-order valence-corrected chi connectivity index (χ4v) is 2.43. The van der Waals surface area contributed by atoms with Crippen LogP contribution in [0.4, 0.5) is 4.39 Å². The van der Waals surface area contributed by atoms with Crippen LogP contribution in [0.1, 0.15) is 29.9 Å². The molecule has 1 aromatic carbocycles. The van der Waals surface area contributed by atoms with Gasteiger partial charge in [0.25, 0.3) is 0 Å². The van der Waals surface area contributed by atoms with Crippen LogP contribution in [-0.2, 0) is 0 Å². The maximum Gasteiger partial charge on any atom is 0.127 e. The van der Waals surface area contributed by atoms with E-state index in [9.17, 15) is 4.39 Å². The Morgan fingerprint density at radius 2 is 2.27 bits per heavy atom. The summed E-state index contributed by atoms with van der Waals surface area (Å²) in [5.74, 6) is 0.156. The molecule has 82 valence electrons. The average Bonchev–Trinajstić information content (AvgIpc) is 2.26. The van der Waals surface area contributed by atoms with Crippen LogP contribution in [0, 0.1) is 12.7 Å². The summed E-state index contributed by atoms with van der Waals surface area (Å²) in [6.45, 7) is 3.80. The van der Waals surface area contributed by atoms with Crippen molar-refractivity contribution in [1.29, 1.82) is 0 Å². The highest BCUT2D eigenvalue weighted by Gasteiger charge is 2.21. The van der Waals surface area contributed by atoms with E-state index in [0.717, 1.165) is 37.1 Å². The maximum absolute atomic E-state index is 13.7. The summed E-state index contributed by atoms with van der Waals surface area (Å²) in [6.07, 6.45) is 2.15. The predicted octanol–water partition coefficient (Wildman–Crippen LogP) is 3.25. The number of benzene rings is 1. The molecule has 1 aliphatic rings. The minimum atomic E-state index is -0.120. The molecule has 1 aromatic rings. The van der Waals surface area contributed by atoms with E-state index >= 15 is 0 Å². The van der Waals surface area contributed by atoms with Gasteiger partial charge in [0, 0.05) is 11.6 Å². The summed E-state index contributed by atoms with van der Waals surface area (Å²) in [7, 11) is 0. The molecule has 0 amide bonds. The van der Waals surface area contributed by atoms with Crippen LogP contribution in [0.3, 0.4) is 0 Å². The standard InChI is InChI=1S/C12H15ClFN/c1-8-10(13)4-5-11(14)12(8)9-3-2-6-15-7-9/h4-5,9,15H,2-3,6-7H2,1H3. The highest BCUT2D eigenvalue weighted by atomic mass is 35.5. The minimum Gasteiger partial charge on any atom is -0.316 e. The second-order valence-corrected chi connectivity index (χ2v) is 4.52. The Balaban J connectivity index is 2.36. The molecule has 1 nitrogen and oxygen atoms in total. The third kappa shape index (κ3) is 2.16. The molecule has 1 aliphatic heterocycles. The SMILES string of the molecule is Cc1c(Cl)ccc(F)c1C1CCCNC1. The van der Waals surface area contributed by atoms with Gasteiger partial charge in [-0.15, -0.1) is 0 Å². The van der Waals surface area contributed by atoms with Crippen molar-refractivity contribution in [3.63, 3.8) is 0 Å². The normalized spacial score (nSPS) is 21.7. The molecular formula is C12H15ClFN. The lowest BCUT2D eigenvalue weighted by Gasteiger charge is -2.25. The number of nitrogens with one attached hydrogen (secondary N) is 1. The predicted molar refractivity (Wildman–Crippen MR) is 61.0 cm³/mol. The molecule has 3 heteroatoms. The van der Waals surface area contributed by atoms with Crippen molar-refractivity contribution in [3.8, 4) is 0 Å². The molecule has 1 heterocycles. The van der Waals surface area contributed by atoms with Crippen molar-refractivity contribution < 1.29 is 4.39 Å². The molecule has 2 rings (SSSR count). The van der Waals surface area contributed by atoms with Crippen molar-refractivity contribution in [1.82, 2.24) is 5.32 Å². The summed E-state index contributed by atoms with van der Waals surface area (Å²) < 4.78 is 13.7. The van der Waals surface area contributed by atoms with Crippen LogP contribution in [-0.4, -0.2) is 13.1 Å². The van der Waals surface area contributed by atoms with E-state index in [1.165, 1.54) is 6.07 Å². The summed E-state index contributed by atoms with van der Waals surface area (Å²) in [4.78, 5) is 0. The van der Waals surface area contributed by atoms with Crippen LogP contribution in [0.2, 0.25) is 5.02 Å². The van der Waals surface area contributed by atoms with Gasteiger partial charge in [0.1, 0.15) is 5.82 Å². The van der Waals surface area contributed by atoms with Gasteiger partial charge >= 0.3 is 0 Å². The Bertz CT molecular complexity index is 359. The number of piperidine rings is 1. The highest BCUT2D eigenvalue weighted by molar-refractivity contribution is 6.31. The number of halogens is 2. The third-order valence-electron chi connectivity index (χ3n) is 3.10. The molecule has 1 fully saturated rings. The second-order valence-electron chi connectivity index (χ2n) is 4.11. The quantitative estimate of drug-likeness (QED) is 0.777. The summed E-state index contributed by atoms with van der Waals surface area (Å²) in [5.41, 5.74) is 1.69. The van der Waals surface area contributed by atoms with Gasteiger partial charge in [-0.3, -0.25) is 0 Å². The van der Waals surface area contributed by atoms with E-state index in [-0.39, 0.29) is 11.7 Å². The molecule has 1 saturated heterocycles. The van der Waals surface area contributed by atoms with E-state index in [4.69, 9.17) is 11.6 Å². The summed E-state index contributed by atoms with van der Waals surface area (Å²) >= 11 is 6.02. The van der Waals surface area contributed by atoms with E-state index in [2.05, 4.69) is 5.32 Å². The van der Waals surface area contributed by atoms with E-state index in [0.29, 0.717) is 5.02 Å². The molecule has 0 aliphatic carbocycles.